The predicted molar refractivity (Wildman–Crippen MR) is 78.8 cm³/mol. The Morgan fingerprint density at radius 1 is 1.48 bits per heavy atom. The summed E-state index contributed by atoms with van der Waals surface area (Å²) in [4.78, 5) is -0.429. The van der Waals surface area contributed by atoms with Crippen molar-refractivity contribution in [2.45, 2.75) is 37.2 Å². The topological polar surface area (TPSA) is 72.6 Å². The largest absolute Gasteiger partial charge is 0.398 e. The van der Waals surface area contributed by atoms with Gasteiger partial charge >= 0.3 is 0 Å². The molecule has 0 spiro atoms. The lowest BCUT2D eigenvalue weighted by Gasteiger charge is -2.32. The van der Waals surface area contributed by atoms with Gasteiger partial charge < -0.3 is 10.5 Å². The molecule has 118 valence electrons. The van der Waals surface area contributed by atoms with E-state index in [0.29, 0.717) is 19.6 Å². The van der Waals surface area contributed by atoms with Crippen LogP contribution < -0.4 is 5.73 Å². The molecule has 2 N–H and O–H groups in total. The van der Waals surface area contributed by atoms with Gasteiger partial charge in [-0.3, -0.25) is 0 Å². The highest BCUT2D eigenvalue weighted by atomic mass is 32.2. The van der Waals surface area contributed by atoms with E-state index in [1.807, 2.05) is 6.92 Å². The number of halogens is 1. The van der Waals surface area contributed by atoms with Crippen LogP contribution >= 0.6 is 0 Å². The molecule has 1 atom stereocenters. The first-order valence-electron chi connectivity index (χ1n) is 7.12. The first-order valence-corrected chi connectivity index (χ1v) is 8.56. The van der Waals surface area contributed by atoms with Crippen LogP contribution in [0.15, 0.2) is 23.1 Å². The predicted octanol–water partition coefficient (Wildman–Crippen LogP) is 1.99. The highest BCUT2D eigenvalue weighted by molar-refractivity contribution is 7.89. The van der Waals surface area contributed by atoms with E-state index in [0.717, 1.165) is 18.9 Å². The zero-order valence-electron chi connectivity index (χ0n) is 12.1. The molecule has 1 unspecified atom stereocenters. The van der Waals surface area contributed by atoms with E-state index >= 15 is 0 Å². The minimum absolute atomic E-state index is 0.0633. The molecule has 0 aliphatic carbocycles. The van der Waals surface area contributed by atoms with Gasteiger partial charge in [-0.15, -0.1) is 0 Å². The first-order chi connectivity index (χ1) is 9.96. The molecular weight excluding hydrogens is 295 g/mol. The van der Waals surface area contributed by atoms with Crippen LogP contribution in [0.4, 0.5) is 10.1 Å². The second-order valence-electron chi connectivity index (χ2n) is 5.16. The van der Waals surface area contributed by atoms with Crippen molar-refractivity contribution < 1.29 is 17.5 Å². The Morgan fingerprint density at radius 3 is 2.90 bits per heavy atom. The Morgan fingerprint density at radius 2 is 2.24 bits per heavy atom. The maximum atomic E-state index is 13.9. The lowest BCUT2D eigenvalue weighted by molar-refractivity contribution is 0.0193. The number of piperidine rings is 1. The van der Waals surface area contributed by atoms with Gasteiger partial charge in [0.2, 0.25) is 10.0 Å². The van der Waals surface area contributed by atoms with Gasteiger partial charge in [-0.1, -0.05) is 13.0 Å². The third-order valence-corrected chi connectivity index (χ3v) is 5.45. The van der Waals surface area contributed by atoms with E-state index < -0.39 is 20.7 Å². The van der Waals surface area contributed by atoms with E-state index in [9.17, 15) is 12.8 Å². The summed E-state index contributed by atoms with van der Waals surface area (Å²) in [6.45, 7) is 3.20. The van der Waals surface area contributed by atoms with E-state index in [1.165, 1.54) is 16.4 Å². The number of ether oxygens (including phenoxy) is 1. The zero-order valence-corrected chi connectivity index (χ0v) is 12.9. The van der Waals surface area contributed by atoms with Crippen LogP contribution in [-0.2, 0) is 14.8 Å². The lowest BCUT2D eigenvalue weighted by atomic mass is 10.1. The summed E-state index contributed by atoms with van der Waals surface area (Å²) in [5.74, 6) is -0.813. The van der Waals surface area contributed by atoms with Crippen molar-refractivity contribution >= 4 is 15.7 Å². The summed E-state index contributed by atoms with van der Waals surface area (Å²) in [6, 6.07) is 3.90. The van der Waals surface area contributed by atoms with Crippen molar-refractivity contribution in [2.75, 3.05) is 25.4 Å². The van der Waals surface area contributed by atoms with Crippen LogP contribution in [0, 0.1) is 5.82 Å². The van der Waals surface area contributed by atoms with Crippen LogP contribution in [0.25, 0.3) is 0 Å². The van der Waals surface area contributed by atoms with E-state index in [2.05, 4.69) is 0 Å². The van der Waals surface area contributed by atoms with E-state index in [1.54, 1.807) is 0 Å². The maximum Gasteiger partial charge on any atom is 0.248 e. The quantitative estimate of drug-likeness (QED) is 0.843. The smallest absolute Gasteiger partial charge is 0.248 e. The van der Waals surface area contributed by atoms with E-state index in [-0.39, 0.29) is 18.3 Å². The summed E-state index contributed by atoms with van der Waals surface area (Å²) >= 11 is 0. The summed E-state index contributed by atoms with van der Waals surface area (Å²) in [5, 5.41) is 0. The Labute approximate surface area is 124 Å². The number of rotatable bonds is 5. The third-order valence-electron chi connectivity index (χ3n) is 3.49. The molecule has 0 radical (unpaired) electrons. The number of hydrogen-bond acceptors (Lipinski definition) is 4. The summed E-state index contributed by atoms with van der Waals surface area (Å²) in [7, 11) is -3.93. The van der Waals surface area contributed by atoms with Crippen LogP contribution in [0.2, 0.25) is 0 Å². The number of benzene rings is 1. The average molecular weight is 316 g/mol. The van der Waals surface area contributed by atoms with E-state index in [4.69, 9.17) is 10.5 Å². The Hall–Kier alpha value is -1.18. The SMILES string of the molecule is CCCOC1CCCN(S(=O)(=O)c2c(N)cccc2F)C1. The Bertz CT molecular complexity index is 572. The molecule has 1 aromatic carbocycles. The molecule has 5 nitrogen and oxygen atoms in total. The standard InChI is InChI=1S/C14H21FN2O3S/c1-2-9-20-11-5-4-8-17(10-11)21(18,19)14-12(15)6-3-7-13(14)16/h3,6-7,11H,2,4-5,8-10,16H2,1H3. The number of nitrogens with zero attached hydrogens (tertiary/aromatic N) is 1. The number of nitrogen functional groups attached to an aromatic ring is 1. The number of anilines is 1. The van der Waals surface area contributed by atoms with Gasteiger partial charge in [-0.05, 0) is 31.4 Å². The summed E-state index contributed by atoms with van der Waals surface area (Å²) < 4.78 is 46.0. The molecule has 7 heteroatoms. The normalized spacial score (nSPS) is 20.6. The van der Waals surface area contributed by atoms with Crippen molar-refractivity contribution in [3.63, 3.8) is 0 Å². The molecule has 0 bridgehead atoms. The minimum Gasteiger partial charge on any atom is -0.398 e. The van der Waals surface area contributed by atoms with Crippen molar-refractivity contribution in [3.8, 4) is 0 Å². The molecule has 0 aromatic heterocycles. The second-order valence-corrected chi connectivity index (χ2v) is 7.03. The Kier molecular flexibility index (Phi) is 5.18. The van der Waals surface area contributed by atoms with Gasteiger partial charge in [-0.25, -0.2) is 12.8 Å². The molecule has 1 fully saturated rings. The second kappa shape index (κ2) is 6.72. The third kappa shape index (κ3) is 3.53. The molecule has 1 aliphatic heterocycles. The van der Waals surface area contributed by atoms with Gasteiger partial charge in [0.05, 0.1) is 11.8 Å². The average Bonchev–Trinajstić information content (AvgIpc) is 2.45. The Balaban J connectivity index is 2.23. The molecule has 1 heterocycles. The molecule has 1 saturated heterocycles. The monoisotopic (exact) mass is 316 g/mol. The fourth-order valence-corrected chi connectivity index (χ4v) is 4.14. The number of hydrogen-bond donors (Lipinski definition) is 1. The molecule has 21 heavy (non-hydrogen) atoms. The lowest BCUT2D eigenvalue weighted by Crippen LogP contribution is -2.43. The fourth-order valence-electron chi connectivity index (χ4n) is 2.47. The molecule has 0 saturated carbocycles. The minimum atomic E-state index is -3.93. The zero-order chi connectivity index (χ0) is 15.5. The molecule has 1 aliphatic rings. The molecule has 1 aromatic rings. The highest BCUT2D eigenvalue weighted by Crippen LogP contribution is 2.28. The van der Waals surface area contributed by atoms with Crippen LogP contribution in [0.5, 0.6) is 0 Å². The summed E-state index contributed by atoms with van der Waals surface area (Å²) in [6.07, 6.45) is 2.26. The van der Waals surface area contributed by atoms with Gasteiger partial charge in [-0.2, -0.15) is 4.31 Å². The van der Waals surface area contributed by atoms with Crippen molar-refractivity contribution in [1.82, 2.24) is 4.31 Å². The van der Waals surface area contributed by atoms with Gasteiger partial charge in [0.1, 0.15) is 10.7 Å². The van der Waals surface area contributed by atoms with Crippen LogP contribution in [-0.4, -0.2) is 38.5 Å². The van der Waals surface area contributed by atoms with Crippen LogP contribution in [0.1, 0.15) is 26.2 Å². The molecule has 0 amide bonds. The van der Waals surface area contributed by atoms with Crippen LogP contribution in [0.3, 0.4) is 0 Å². The maximum absolute atomic E-state index is 13.9. The van der Waals surface area contributed by atoms with Crippen molar-refractivity contribution in [1.29, 1.82) is 0 Å². The highest BCUT2D eigenvalue weighted by Gasteiger charge is 2.33. The van der Waals surface area contributed by atoms with Crippen molar-refractivity contribution in [2.24, 2.45) is 0 Å². The van der Waals surface area contributed by atoms with Crippen molar-refractivity contribution in [3.05, 3.63) is 24.0 Å². The van der Waals surface area contributed by atoms with Gasteiger partial charge in [0.15, 0.2) is 0 Å². The summed E-state index contributed by atoms with van der Waals surface area (Å²) in [5.41, 5.74) is 5.59. The van der Waals surface area contributed by atoms with Gasteiger partial charge in [0.25, 0.3) is 0 Å². The molecular formula is C14H21FN2O3S. The first kappa shape index (κ1) is 16.2. The number of nitrogens with two attached hydrogens (primary N) is 1. The number of sulfonamides is 1. The fraction of sp³-hybridized carbons (Fsp3) is 0.571. The molecule has 2 rings (SSSR count). The van der Waals surface area contributed by atoms with Gasteiger partial charge in [0, 0.05) is 19.7 Å².